The molecule has 1 saturated heterocycles. The minimum absolute atomic E-state index is 0.0275. The van der Waals surface area contributed by atoms with Gasteiger partial charge < -0.3 is 15.5 Å². The third kappa shape index (κ3) is 4.78. The molecule has 4 rings (SSSR count). The van der Waals surface area contributed by atoms with Gasteiger partial charge in [0.05, 0.1) is 10.8 Å². The highest BCUT2D eigenvalue weighted by Crippen LogP contribution is 2.23. The number of nitrogens with zero attached hydrogens (tertiary/aromatic N) is 3. The lowest BCUT2D eigenvalue weighted by molar-refractivity contribution is -0.120. The molecule has 2 N–H and O–H groups in total. The first kappa shape index (κ1) is 19.1. The number of hydrogen-bond acceptors (Lipinski definition) is 6. The van der Waals surface area contributed by atoms with E-state index in [0.29, 0.717) is 22.8 Å². The Morgan fingerprint density at radius 3 is 2.69 bits per heavy atom. The number of piperidine rings is 1. The monoisotopic (exact) mass is 407 g/mol. The van der Waals surface area contributed by atoms with Gasteiger partial charge in [-0.25, -0.2) is 0 Å². The van der Waals surface area contributed by atoms with Gasteiger partial charge in [0.15, 0.2) is 5.82 Å². The second-order valence-electron chi connectivity index (χ2n) is 6.87. The van der Waals surface area contributed by atoms with Crippen molar-refractivity contribution in [3.8, 4) is 0 Å². The third-order valence-corrected chi connectivity index (χ3v) is 5.68. The van der Waals surface area contributed by atoms with Crippen LogP contribution in [0.1, 0.15) is 22.5 Å². The molecule has 1 aliphatic heterocycles. The molecule has 2 amide bonds. The van der Waals surface area contributed by atoms with Gasteiger partial charge in [-0.2, -0.15) is 5.10 Å². The summed E-state index contributed by atoms with van der Waals surface area (Å²) in [7, 11) is 0. The fourth-order valence-electron chi connectivity index (χ4n) is 3.38. The van der Waals surface area contributed by atoms with Gasteiger partial charge in [-0.1, -0.05) is 12.1 Å². The van der Waals surface area contributed by atoms with E-state index in [0.717, 1.165) is 25.2 Å². The Kier molecular flexibility index (Phi) is 5.81. The zero-order valence-electron chi connectivity index (χ0n) is 15.7. The summed E-state index contributed by atoms with van der Waals surface area (Å²) in [6.45, 7) is 1.48. The lowest BCUT2D eigenvalue weighted by atomic mass is 9.97. The van der Waals surface area contributed by atoms with Crippen LogP contribution < -0.4 is 15.5 Å². The van der Waals surface area contributed by atoms with Crippen LogP contribution in [0.3, 0.4) is 0 Å². The van der Waals surface area contributed by atoms with Gasteiger partial charge in [0.2, 0.25) is 5.91 Å². The number of hydrogen-bond donors (Lipinski definition) is 2. The molecule has 3 aromatic rings. The Morgan fingerprint density at radius 2 is 1.93 bits per heavy atom. The Hall–Kier alpha value is -3.26. The second kappa shape index (κ2) is 8.83. The first-order valence-electron chi connectivity index (χ1n) is 9.47. The van der Waals surface area contributed by atoms with E-state index >= 15 is 0 Å². The first-order chi connectivity index (χ1) is 14.2. The van der Waals surface area contributed by atoms with Crippen molar-refractivity contribution in [2.45, 2.75) is 12.8 Å². The summed E-state index contributed by atoms with van der Waals surface area (Å²) in [4.78, 5) is 27.8. The van der Waals surface area contributed by atoms with Crippen molar-refractivity contribution in [2.75, 3.05) is 28.6 Å². The number of carbonyl (C=O) groups is 2. The number of anilines is 3. The van der Waals surface area contributed by atoms with Gasteiger partial charge in [-0.3, -0.25) is 9.59 Å². The van der Waals surface area contributed by atoms with Crippen molar-refractivity contribution in [1.29, 1.82) is 0 Å². The van der Waals surface area contributed by atoms with Crippen molar-refractivity contribution >= 4 is 40.3 Å². The summed E-state index contributed by atoms with van der Waals surface area (Å²) in [5.74, 6) is 0.481. The molecule has 1 atom stereocenters. The van der Waals surface area contributed by atoms with Gasteiger partial charge in [0, 0.05) is 30.7 Å². The molecule has 0 radical (unpaired) electrons. The number of benzene rings is 1. The topological polar surface area (TPSA) is 87.2 Å². The first-order valence-corrected chi connectivity index (χ1v) is 10.4. The number of rotatable bonds is 5. The highest BCUT2D eigenvalue weighted by Gasteiger charge is 2.26. The molecule has 2 aromatic heterocycles. The van der Waals surface area contributed by atoms with E-state index in [1.54, 1.807) is 24.4 Å². The lowest BCUT2D eigenvalue weighted by Gasteiger charge is -2.32. The lowest BCUT2D eigenvalue weighted by Crippen LogP contribution is -2.41. The van der Waals surface area contributed by atoms with Crippen molar-refractivity contribution in [2.24, 2.45) is 5.92 Å². The van der Waals surface area contributed by atoms with Crippen LogP contribution in [0.25, 0.3) is 0 Å². The van der Waals surface area contributed by atoms with Crippen molar-refractivity contribution in [3.63, 3.8) is 0 Å². The van der Waals surface area contributed by atoms with E-state index in [-0.39, 0.29) is 17.7 Å². The molecule has 3 heterocycles. The smallest absolute Gasteiger partial charge is 0.265 e. The van der Waals surface area contributed by atoms with Crippen LogP contribution in [0.15, 0.2) is 60.1 Å². The molecule has 0 spiro atoms. The average molecular weight is 407 g/mol. The predicted molar refractivity (Wildman–Crippen MR) is 114 cm³/mol. The van der Waals surface area contributed by atoms with Gasteiger partial charge in [-0.05, 0) is 54.6 Å². The SMILES string of the molecule is O=C(Nc1cccc(NC(=O)C2CCCN(c3cccnn3)C2)c1)c1cccs1. The predicted octanol–water partition coefficient (Wildman–Crippen LogP) is 3.65. The minimum atomic E-state index is -0.157. The number of carbonyl (C=O) groups excluding carboxylic acids is 2. The summed E-state index contributed by atoms with van der Waals surface area (Å²) < 4.78 is 0. The maximum Gasteiger partial charge on any atom is 0.265 e. The molecular weight excluding hydrogens is 386 g/mol. The van der Waals surface area contributed by atoms with Gasteiger partial charge >= 0.3 is 0 Å². The molecule has 8 heteroatoms. The highest BCUT2D eigenvalue weighted by atomic mass is 32.1. The van der Waals surface area contributed by atoms with E-state index in [1.165, 1.54) is 11.3 Å². The van der Waals surface area contributed by atoms with Crippen molar-refractivity contribution in [3.05, 3.63) is 65.0 Å². The molecule has 29 heavy (non-hydrogen) atoms. The Balaban J connectivity index is 1.38. The summed E-state index contributed by atoms with van der Waals surface area (Å²) >= 11 is 1.39. The zero-order valence-corrected chi connectivity index (χ0v) is 16.6. The standard InChI is InChI=1S/C21H21N5O2S/c27-20(15-5-3-11-26(14-15)19-9-2-10-22-25-19)23-16-6-1-7-17(13-16)24-21(28)18-8-4-12-29-18/h1-2,4,6-10,12-13,15H,3,5,11,14H2,(H,23,27)(H,24,28). The number of thiophene rings is 1. The molecule has 0 saturated carbocycles. The van der Waals surface area contributed by atoms with Crippen LogP contribution in [-0.4, -0.2) is 35.1 Å². The summed E-state index contributed by atoms with van der Waals surface area (Å²) in [6.07, 6.45) is 3.39. The van der Waals surface area contributed by atoms with Gasteiger partial charge in [0.1, 0.15) is 0 Å². The zero-order chi connectivity index (χ0) is 20.1. The summed E-state index contributed by atoms with van der Waals surface area (Å²) in [6, 6.07) is 14.6. The van der Waals surface area contributed by atoms with Crippen molar-refractivity contribution in [1.82, 2.24) is 10.2 Å². The van der Waals surface area contributed by atoms with Gasteiger partial charge in [-0.15, -0.1) is 16.4 Å². The van der Waals surface area contributed by atoms with Crippen LogP contribution in [0.2, 0.25) is 0 Å². The maximum atomic E-state index is 12.8. The normalized spacial score (nSPS) is 16.3. The van der Waals surface area contributed by atoms with E-state index in [9.17, 15) is 9.59 Å². The van der Waals surface area contributed by atoms with Crippen LogP contribution in [0, 0.1) is 5.92 Å². The molecule has 0 aliphatic carbocycles. The quantitative estimate of drug-likeness (QED) is 0.674. The van der Waals surface area contributed by atoms with Crippen LogP contribution in [0.5, 0.6) is 0 Å². The van der Waals surface area contributed by atoms with E-state index in [1.807, 2.05) is 35.7 Å². The van der Waals surface area contributed by atoms with Crippen LogP contribution in [0.4, 0.5) is 17.2 Å². The summed E-state index contributed by atoms with van der Waals surface area (Å²) in [5.41, 5.74) is 1.31. The van der Waals surface area contributed by atoms with Crippen LogP contribution >= 0.6 is 11.3 Å². The minimum Gasteiger partial charge on any atom is -0.354 e. The molecule has 0 bridgehead atoms. The Bertz CT molecular complexity index is 978. The highest BCUT2D eigenvalue weighted by molar-refractivity contribution is 7.12. The van der Waals surface area contributed by atoms with E-state index in [4.69, 9.17) is 0 Å². The third-order valence-electron chi connectivity index (χ3n) is 4.81. The fourth-order valence-corrected chi connectivity index (χ4v) is 4.00. The molecule has 148 valence electrons. The maximum absolute atomic E-state index is 12.8. The van der Waals surface area contributed by atoms with E-state index in [2.05, 4.69) is 25.7 Å². The second-order valence-corrected chi connectivity index (χ2v) is 7.82. The summed E-state index contributed by atoms with van der Waals surface area (Å²) in [5, 5.41) is 15.8. The van der Waals surface area contributed by atoms with Crippen molar-refractivity contribution < 1.29 is 9.59 Å². The molecule has 1 unspecified atom stereocenters. The average Bonchev–Trinajstić information content (AvgIpc) is 3.30. The van der Waals surface area contributed by atoms with Gasteiger partial charge in [0.25, 0.3) is 5.91 Å². The largest absolute Gasteiger partial charge is 0.354 e. The molecule has 1 aliphatic rings. The molecule has 7 nitrogen and oxygen atoms in total. The Morgan fingerprint density at radius 1 is 1.07 bits per heavy atom. The number of amides is 2. The molecule has 1 aromatic carbocycles. The Labute approximate surface area is 172 Å². The number of nitrogens with one attached hydrogen (secondary N) is 2. The molecular formula is C21H21N5O2S. The number of aromatic nitrogens is 2. The molecule has 1 fully saturated rings. The van der Waals surface area contributed by atoms with E-state index < -0.39 is 0 Å². The van der Waals surface area contributed by atoms with Crippen LogP contribution in [-0.2, 0) is 4.79 Å². The fraction of sp³-hybridized carbons (Fsp3) is 0.238.